The Kier molecular flexibility index (Phi) is 5.61. The van der Waals surface area contributed by atoms with Crippen LogP contribution in [0.5, 0.6) is 0 Å². The van der Waals surface area contributed by atoms with E-state index < -0.39 is 35.6 Å². The lowest BCUT2D eigenvalue weighted by Crippen LogP contribution is -2.54. The summed E-state index contributed by atoms with van der Waals surface area (Å²) in [5, 5.41) is 11.3. The number of carbonyl (C=O) groups excluding carboxylic acids is 4. The Morgan fingerprint density at radius 2 is 1.66 bits per heavy atom. The van der Waals surface area contributed by atoms with Gasteiger partial charge in [-0.05, 0) is 37.5 Å². The van der Waals surface area contributed by atoms with Crippen molar-refractivity contribution in [2.45, 2.75) is 31.7 Å². The van der Waals surface area contributed by atoms with Gasteiger partial charge in [-0.2, -0.15) is 0 Å². The van der Waals surface area contributed by atoms with E-state index in [0.29, 0.717) is 25.9 Å². The number of nitrogens with zero attached hydrogens (tertiary/aromatic N) is 2. The number of piperidine rings is 2. The van der Waals surface area contributed by atoms with E-state index in [1.165, 1.54) is 0 Å². The van der Waals surface area contributed by atoms with Gasteiger partial charge in [0.05, 0.1) is 17.0 Å². The van der Waals surface area contributed by atoms with Gasteiger partial charge in [0.15, 0.2) is 0 Å². The van der Waals surface area contributed by atoms with Crippen LogP contribution in [0.2, 0.25) is 0 Å². The van der Waals surface area contributed by atoms with Crippen LogP contribution in [0.4, 0.5) is 5.69 Å². The van der Waals surface area contributed by atoms with Crippen molar-refractivity contribution < 1.29 is 29.1 Å². The highest BCUT2D eigenvalue weighted by atomic mass is 35.5. The lowest BCUT2D eigenvalue weighted by molar-refractivity contribution is -0.142. The van der Waals surface area contributed by atoms with Gasteiger partial charge < -0.3 is 10.0 Å². The van der Waals surface area contributed by atoms with Gasteiger partial charge in [0.25, 0.3) is 11.8 Å². The van der Waals surface area contributed by atoms with Gasteiger partial charge >= 0.3 is 5.97 Å². The van der Waals surface area contributed by atoms with Crippen LogP contribution in [0.25, 0.3) is 0 Å². The largest absolute Gasteiger partial charge is 0.481 e. The van der Waals surface area contributed by atoms with Crippen LogP contribution in [-0.4, -0.2) is 58.7 Å². The molecule has 1 atom stereocenters. The molecule has 3 aliphatic rings. The number of amides is 4. The Bertz CT molecular complexity index is 909. The second-order valence-electron chi connectivity index (χ2n) is 7.28. The highest BCUT2D eigenvalue weighted by molar-refractivity contribution is 6.23. The molecule has 2 saturated heterocycles. The lowest BCUT2D eigenvalue weighted by atomic mass is 9.96. The zero-order valence-electron chi connectivity index (χ0n) is 15.4. The summed E-state index contributed by atoms with van der Waals surface area (Å²) >= 11 is 0. The third kappa shape index (κ3) is 3.57. The van der Waals surface area contributed by atoms with E-state index in [4.69, 9.17) is 5.11 Å². The summed E-state index contributed by atoms with van der Waals surface area (Å²) < 4.78 is 0. The van der Waals surface area contributed by atoms with E-state index in [1.807, 2.05) is 4.90 Å². The van der Waals surface area contributed by atoms with Crippen molar-refractivity contribution in [3.05, 3.63) is 29.3 Å². The van der Waals surface area contributed by atoms with Gasteiger partial charge in [0.1, 0.15) is 6.04 Å². The fraction of sp³-hybridized carbons (Fsp3) is 0.421. The number of aliphatic carboxylic acids is 1. The molecular formula is C19H20ClN3O6. The van der Waals surface area contributed by atoms with E-state index in [2.05, 4.69) is 5.32 Å². The molecule has 29 heavy (non-hydrogen) atoms. The zero-order chi connectivity index (χ0) is 20.0. The first-order chi connectivity index (χ1) is 13.4. The first-order valence-corrected chi connectivity index (χ1v) is 9.20. The second-order valence-corrected chi connectivity index (χ2v) is 7.28. The molecule has 4 rings (SSSR count). The smallest absolute Gasteiger partial charge is 0.306 e. The molecule has 10 heteroatoms. The quantitative estimate of drug-likeness (QED) is 0.692. The number of halogens is 1. The summed E-state index contributed by atoms with van der Waals surface area (Å²) in [5.74, 6) is -3.29. The fourth-order valence-electron chi connectivity index (χ4n) is 4.04. The van der Waals surface area contributed by atoms with Crippen LogP contribution in [0, 0.1) is 5.92 Å². The predicted octanol–water partition coefficient (Wildman–Crippen LogP) is 0.811. The Morgan fingerprint density at radius 3 is 2.28 bits per heavy atom. The maximum Gasteiger partial charge on any atom is 0.306 e. The SMILES string of the molecule is Cl.O=C1CCC(N2C(=O)c3ccc(N4CCC(C(=O)O)CC4)cc3C2=O)C(=O)N1. The molecule has 3 aliphatic heterocycles. The number of rotatable bonds is 3. The molecule has 1 aromatic carbocycles. The Labute approximate surface area is 172 Å². The minimum Gasteiger partial charge on any atom is -0.481 e. The number of nitrogens with one attached hydrogen (secondary N) is 1. The van der Waals surface area contributed by atoms with Crippen molar-refractivity contribution in [3.63, 3.8) is 0 Å². The van der Waals surface area contributed by atoms with Crippen LogP contribution >= 0.6 is 12.4 Å². The number of imide groups is 2. The van der Waals surface area contributed by atoms with Crippen LogP contribution in [0.3, 0.4) is 0 Å². The Balaban J connectivity index is 0.00000240. The summed E-state index contributed by atoms with van der Waals surface area (Å²) in [6.45, 7) is 1.10. The normalized spacial score (nSPS) is 22.3. The maximum atomic E-state index is 12.9. The molecule has 0 saturated carbocycles. The molecule has 2 N–H and O–H groups in total. The van der Waals surface area contributed by atoms with E-state index >= 15 is 0 Å². The molecule has 4 amide bonds. The van der Waals surface area contributed by atoms with Crippen molar-refractivity contribution in [1.82, 2.24) is 10.2 Å². The first kappa shape index (κ1) is 20.8. The summed E-state index contributed by atoms with van der Waals surface area (Å²) in [6.07, 6.45) is 1.22. The van der Waals surface area contributed by atoms with Crippen molar-refractivity contribution in [1.29, 1.82) is 0 Å². The van der Waals surface area contributed by atoms with E-state index in [0.717, 1.165) is 10.6 Å². The predicted molar refractivity (Wildman–Crippen MR) is 103 cm³/mol. The topological polar surface area (TPSA) is 124 Å². The van der Waals surface area contributed by atoms with Crippen molar-refractivity contribution in [2.75, 3.05) is 18.0 Å². The van der Waals surface area contributed by atoms with Gasteiger partial charge in [-0.15, -0.1) is 12.4 Å². The average Bonchev–Trinajstić information content (AvgIpc) is 2.92. The third-order valence-corrected chi connectivity index (χ3v) is 5.63. The molecule has 0 bridgehead atoms. The molecule has 0 radical (unpaired) electrons. The monoisotopic (exact) mass is 421 g/mol. The number of carbonyl (C=O) groups is 5. The van der Waals surface area contributed by atoms with Crippen LogP contribution < -0.4 is 10.2 Å². The molecule has 0 spiro atoms. The van der Waals surface area contributed by atoms with Crippen molar-refractivity contribution in [3.8, 4) is 0 Å². The van der Waals surface area contributed by atoms with Crippen LogP contribution in [-0.2, 0) is 14.4 Å². The third-order valence-electron chi connectivity index (χ3n) is 5.63. The van der Waals surface area contributed by atoms with Crippen LogP contribution in [0.1, 0.15) is 46.4 Å². The number of fused-ring (bicyclic) bond motifs is 1. The highest BCUT2D eigenvalue weighted by Crippen LogP contribution is 2.32. The van der Waals surface area contributed by atoms with E-state index in [9.17, 15) is 24.0 Å². The fourth-order valence-corrected chi connectivity index (χ4v) is 4.04. The average molecular weight is 422 g/mol. The summed E-state index contributed by atoms with van der Waals surface area (Å²) in [5.41, 5.74) is 1.21. The lowest BCUT2D eigenvalue weighted by Gasteiger charge is -2.32. The standard InChI is InChI=1S/C19H19N3O6.ClH/c23-15-4-3-14(16(24)20-15)22-17(25)12-2-1-11(9-13(12)18(22)26)21-7-5-10(6-8-21)19(27)28;/h1-2,9-10,14H,3-8H2,(H,27,28)(H,20,23,24);1H. The molecule has 154 valence electrons. The summed E-state index contributed by atoms with van der Waals surface area (Å²) in [4.78, 5) is 63.0. The van der Waals surface area contributed by atoms with Crippen LogP contribution in [0.15, 0.2) is 18.2 Å². The zero-order valence-corrected chi connectivity index (χ0v) is 16.2. The number of anilines is 1. The molecule has 0 aliphatic carbocycles. The van der Waals surface area contributed by atoms with Crippen molar-refractivity contribution in [2.24, 2.45) is 5.92 Å². The maximum absolute atomic E-state index is 12.9. The van der Waals surface area contributed by atoms with Gasteiger partial charge in [-0.3, -0.25) is 34.2 Å². The molecule has 0 aromatic heterocycles. The number of carboxylic acids is 1. The summed E-state index contributed by atoms with van der Waals surface area (Å²) in [7, 11) is 0. The van der Waals surface area contributed by atoms with Gasteiger partial charge in [-0.25, -0.2) is 0 Å². The molecular weight excluding hydrogens is 402 g/mol. The number of carboxylic acid groups (broad SMARTS) is 1. The van der Waals surface area contributed by atoms with Crippen molar-refractivity contribution >= 4 is 47.7 Å². The molecule has 9 nitrogen and oxygen atoms in total. The van der Waals surface area contributed by atoms with Gasteiger partial charge in [0.2, 0.25) is 11.8 Å². The minimum absolute atomic E-state index is 0. The second kappa shape index (κ2) is 7.82. The van der Waals surface area contributed by atoms with E-state index in [-0.39, 0.29) is 42.3 Å². The number of hydrogen-bond donors (Lipinski definition) is 2. The minimum atomic E-state index is -0.986. The molecule has 3 heterocycles. The molecule has 1 aromatic rings. The van der Waals surface area contributed by atoms with Gasteiger partial charge in [0, 0.05) is 25.2 Å². The Hall–Kier alpha value is -2.94. The number of hydrogen-bond acceptors (Lipinski definition) is 6. The number of benzene rings is 1. The molecule has 1 unspecified atom stereocenters. The Morgan fingerprint density at radius 1 is 1.00 bits per heavy atom. The summed E-state index contributed by atoms with van der Waals surface area (Å²) in [6, 6.07) is 3.95. The first-order valence-electron chi connectivity index (χ1n) is 9.20. The van der Waals surface area contributed by atoms with E-state index in [1.54, 1.807) is 18.2 Å². The van der Waals surface area contributed by atoms with Gasteiger partial charge in [-0.1, -0.05) is 0 Å². The highest BCUT2D eigenvalue weighted by Gasteiger charge is 2.44. The molecule has 2 fully saturated rings.